The molecule has 2 saturated heterocycles. The van der Waals surface area contributed by atoms with Crippen molar-refractivity contribution in [1.82, 2.24) is 25.5 Å². The number of pyridine rings is 2. The Morgan fingerprint density at radius 2 is 1.92 bits per heavy atom. The number of anilines is 2. The van der Waals surface area contributed by atoms with Crippen molar-refractivity contribution >= 4 is 46.6 Å². The van der Waals surface area contributed by atoms with Crippen LogP contribution < -0.4 is 20.7 Å². The maximum Gasteiger partial charge on any atom is 0.310 e. The van der Waals surface area contributed by atoms with E-state index in [1.165, 1.54) is 6.20 Å². The van der Waals surface area contributed by atoms with Crippen molar-refractivity contribution in [2.75, 3.05) is 32.1 Å². The van der Waals surface area contributed by atoms with Crippen LogP contribution in [0.5, 0.6) is 5.75 Å². The fourth-order valence-corrected chi connectivity index (χ4v) is 6.96. The zero-order chi connectivity index (χ0) is 34.7. The highest BCUT2D eigenvalue weighted by molar-refractivity contribution is 6.39. The van der Waals surface area contributed by atoms with Gasteiger partial charge in [0.05, 0.1) is 34.0 Å². The van der Waals surface area contributed by atoms with Gasteiger partial charge in [0.2, 0.25) is 5.91 Å². The summed E-state index contributed by atoms with van der Waals surface area (Å²) < 4.78 is 21.4. The third kappa shape index (κ3) is 7.50. The van der Waals surface area contributed by atoms with Gasteiger partial charge in [0.1, 0.15) is 5.75 Å². The summed E-state index contributed by atoms with van der Waals surface area (Å²) in [7, 11) is 1.61. The zero-order valence-corrected chi connectivity index (χ0v) is 28.7. The van der Waals surface area contributed by atoms with Crippen LogP contribution in [0.3, 0.4) is 0 Å². The summed E-state index contributed by atoms with van der Waals surface area (Å²) in [4.78, 5) is 33.9. The van der Waals surface area contributed by atoms with Gasteiger partial charge in [0.25, 0.3) is 0 Å². The van der Waals surface area contributed by atoms with Gasteiger partial charge in [0, 0.05) is 78.9 Å². The zero-order valence-electron chi connectivity index (χ0n) is 27.2. The van der Waals surface area contributed by atoms with Gasteiger partial charge in [-0.2, -0.15) is 0 Å². The minimum absolute atomic E-state index is 0.00734. The van der Waals surface area contributed by atoms with E-state index in [9.17, 15) is 14.7 Å². The Kier molecular flexibility index (Phi) is 10.4. The minimum Gasteiger partial charge on any atom is -0.496 e. The molecule has 2 aromatic heterocycles. The third-order valence-corrected chi connectivity index (χ3v) is 10.0. The van der Waals surface area contributed by atoms with Crippen LogP contribution in [-0.4, -0.2) is 64.6 Å². The number of methoxy groups -OCH3 is 1. The quantitative estimate of drug-likeness (QED) is 0.128. The number of carboxylic acids is 1. The number of amides is 1. The summed E-state index contributed by atoms with van der Waals surface area (Å²) in [5.41, 5.74) is 3.50. The first kappa shape index (κ1) is 34.6. The minimum atomic E-state index is -0.851. The van der Waals surface area contributed by atoms with Gasteiger partial charge in [-0.1, -0.05) is 47.5 Å². The van der Waals surface area contributed by atoms with E-state index in [2.05, 4.69) is 25.9 Å². The Morgan fingerprint density at radius 1 is 1.12 bits per heavy atom. The van der Waals surface area contributed by atoms with Crippen LogP contribution in [-0.2, 0) is 22.7 Å². The Hall–Kier alpha value is -4.29. The molecule has 4 N–H and O–H groups in total. The number of rotatable bonds is 12. The van der Waals surface area contributed by atoms with Crippen LogP contribution in [0.25, 0.3) is 22.4 Å². The number of carbonyl (C=O) groups is 2. The highest BCUT2D eigenvalue weighted by Gasteiger charge is 2.40. The Balaban J connectivity index is 1.20. The van der Waals surface area contributed by atoms with Crippen molar-refractivity contribution in [3.63, 3.8) is 0 Å². The number of ether oxygens (including phenoxy) is 1. The number of likely N-dealkylation sites (tertiary alicyclic amines) is 1. The van der Waals surface area contributed by atoms with Crippen molar-refractivity contribution in [2.24, 2.45) is 5.41 Å². The lowest BCUT2D eigenvalue weighted by Gasteiger charge is -2.20. The van der Waals surface area contributed by atoms with Gasteiger partial charge < -0.3 is 25.8 Å². The first-order valence-corrected chi connectivity index (χ1v) is 16.8. The van der Waals surface area contributed by atoms with Crippen molar-refractivity contribution in [2.45, 2.75) is 45.3 Å². The molecule has 49 heavy (non-hydrogen) atoms. The van der Waals surface area contributed by atoms with E-state index in [1.807, 2.05) is 29.2 Å². The molecule has 256 valence electrons. The summed E-state index contributed by atoms with van der Waals surface area (Å²) in [6, 6.07) is 14.6. The van der Waals surface area contributed by atoms with Gasteiger partial charge in [-0.05, 0) is 50.6 Å². The molecule has 0 bridgehead atoms. The van der Waals surface area contributed by atoms with Crippen LogP contribution >= 0.6 is 23.2 Å². The summed E-state index contributed by atoms with van der Waals surface area (Å²) in [5.74, 6) is -0.616. The molecule has 4 heterocycles. The summed E-state index contributed by atoms with van der Waals surface area (Å²) in [6.45, 7) is 4.11. The number of benzene rings is 2. The van der Waals surface area contributed by atoms with Crippen molar-refractivity contribution in [3.8, 4) is 28.1 Å². The highest BCUT2D eigenvalue weighted by Crippen LogP contribution is 2.42. The second kappa shape index (κ2) is 14.7. The smallest absolute Gasteiger partial charge is 0.310 e. The lowest BCUT2D eigenvalue weighted by Crippen LogP contribution is -2.35. The number of nitrogens with one attached hydrogen (secondary N) is 3. The van der Waals surface area contributed by atoms with E-state index in [0.29, 0.717) is 82.9 Å². The van der Waals surface area contributed by atoms with Crippen LogP contribution in [0.2, 0.25) is 10.0 Å². The maximum atomic E-state index is 15.7. The molecule has 0 aliphatic carbocycles. The number of hydrogen-bond acceptors (Lipinski definition) is 8. The first-order valence-electron chi connectivity index (χ1n) is 16.0. The molecule has 10 nitrogen and oxygen atoms in total. The number of nitrogens with zero attached hydrogens (tertiary/aromatic N) is 3. The van der Waals surface area contributed by atoms with Crippen LogP contribution in [0, 0.1) is 11.2 Å². The molecule has 0 radical (unpaired) electrons. The average molecular weight is 708 g/mol. The standard InChI is InChI=1S/C36H37Cl2FN6O4/c1-36(35(47)48)12-15-45(20-36)19-23-10-13-42-34(32(23)39)44-27-5-3-4-25(30(27)37)26-11-14-41-33(31(26)38)21-6-7-22(28(16-21)49-2)17-40-18-24-8-9-29(46)43-24/h3-7,10-11,13-14,16,24,40H,8-9,12,15,17-20H2,1-2H3,(H,42,44)(H,43,46)(H,47,48)/t24-,36-/m1/s1. The Bertz CT molecular complexity index is 1890. The topological polar surface area (TPSA) is 129 Å². The molecule has 4 aromatic rings. The fourth-order valence-electron chi connectivity index (χ4n) is 6.37. The Labute approximate surface area is 294 Å². The van der Waals surface area contributed by atoms with E-state index >= 15 is 4.39 Å². The van der Waals surface area contributed by atoms with Crippen LogP contribution in [0.1, 0.15) is 37.3 Å². The van der Waals surface area contributed by atoms with Gasteiger partial charge in [-0.3, -0.25) is 19.5 Å². The average Bonchev–Trinajstić information content (AvgIpc) is 3.69. The van der Waals surface area contributed by atoms with E-state index in [-0.39, 0.29) is 24.3 Å². The molecule has 2 fully saturated rings. The van der Waals surface area contributed by atoms with E-state index in [1.54, 1.807) is 44.5 Å². The molecule has 0 spiro atoms. The third-order valence-electron chi connectivity index (χ3n) is 9.21. The van der Waals surface area contributed by atoms with Crippen molar-refractivity contribution in [3.05, 3.63) is 87.9 Å². The fraction of sp³-hybridized carbons (Fsp3) is 0.333. The van der Waals surface area contributed by atoms with E-state index < -0.39 is 17.2 Å². The second-order valence-electron chi connectivity index (χ2n) is 12.7. The summed E-state index contributed by atoms with van der Waals surface area (Å²) >= 11 is 13.9. The lowest BCUT2D eigenvalue weighted by molar-refractivity contribution is -0.147. The van der Waals surface area contributed by atoms with Gasteiger partial charge in [-0.15, -0.1) is 0 Å². The summed E-state index contributed by atoms with van der Waals surface area (Å²) in [5, 5.41) is 19.7. The molecule has 1 amide bonds. The number of carbonyl (C=O) groups excluding carboxylic acids is 1. The number of carboxylic acid groups (broad SMARTS) is 1. The SMILES string of the molecule is COc1cc(-c2nccc(-c3cccc(Nc4nccc(CN5CC[C@@](C)(C(=O)O)C5)c4F)c3Cl)c2Cl)ccc1CNC[C@H]1CCC(=O)N1. The molecule has 2 aliphatic rings. The number of halogens is 3. The van der Waals surface area contributed by atoms with Gasteiger partial charge in [-0.25, -0.2) is 9.37 Å². The predicted molar refractivity (Wildman–Crippen MR) is 188 cm³/mol. The molecule has 6 rings (SSSR count). The second-order valence-corrected chi connectivity index (χ2v) is 13.5. The molecule has 2 atom stereocenters. The maximum absolute atomic E-state index is 15.7. The first-order chi connectivity index (χ1) is 23.6. The highest BCUT2D eigenvalue weighted by atomic mass is 35.5. The van der Waals surface area contributed by atoms with E-state index in [4.69, 9.17) is 27.9 Å². The van der Waals surface area contributed by atoms with Crippen LogP contribution in [0.4, 0.5) is 15.9 Å². The molecule has 0 saturated carbocycles. The lowest BCUT2D eigenvalue weighted by atomic mass is 9.90. The van der Waals surface area contributed by atoms with Gasteiger partial charge >= 0.3 is 5.97 Å². The van der Waals surface area contributed by atoms with Crippen LogP contribution in [0.15, 0.2) is 60.9 Å². The van der Waals surface area contributed by atoms with Crippen molar-refractivity contribution < 1.29 is 23.8 Å². The number of aromatic nitrogens is 2. The molecule has 2 aromatic carbocycles. The largest absolute Gasteiger partial charge is 0.496 e. The Morgan fingerprint density at radius 3 is 2.65 bits per heavy atom. The molecule has 2 aliphatic heterocycles. The normalized spacial score (nSPS) is 19.2. The van der Waals surface area contributed by atoms with Gasteiger partial charge in [0.15, 0.2) is 11.6 Å². The monoisotopic (exact) mass is 706 g/mol. The molecular formula is C36H37Cl2FN6O4. The number of aliphatic carboxylic acids is 1. The summed E-state index contributed by atoms with van der Waals surface area (Å²) in [6.07, 6.45) is 5.05. The molecule has 0 unspecified atom stereocenters. The van der Waals surface area contributed by atoms with E-state index in [0.717, 1.165) is 17.5 Å². The predicted octanol–water partition coefficient (Wildman–Crippen LogP) is 6.67. The molecule has 13 heteroatoms. The molecular weight excluding hydrogens is 670 g/mol. The van der Waals surface area contributed by atoms with Crippen molar-refractivity contribution in [1.29, 1.82) is 0 Å². The number of hydrogen-bond donors (Lipinski definition) is 4.